The van der Waals surface area contributed by atoms with E-state index >= 15 is 0 Å². The van der Waals surface area contributed by atoms with Crippen LogP contribution in [0.15, 0.2) is 111 Å². The number of nitrogens with one attached hydrogen (secondary N) is 1. The molecule has 1 aromatic heterocycles. The molecule has 34 heavy (non-hydrogen) atoms. The van der Waals surface area contributed by atoms with Crippen molar-refractivity contribution in [2.45, 2.75) is 4.21 Å². The minimum atomic E-state index is -3.80. The molecule has 0 spiro atoms. The van der Waals surface area contributed by atoms with E-state index in [-0.39, 0.29) is 15.5 Å². The summed E-state index contributed by atoms with van der Waals surface area (Å²) in [7, 11) is -3.80. The molecule has 0 saturated heterocycles. The van der Waals surface area contributed by atoms with Gasteiger partial charge in [0.1, 0.15) is 4.21 Å². The summed E-state index contributed by atoms with van der Waals surface area (Å²) in [5.41, 5.74) is 1.12. The number of thiophene rings is 1. The summed E-state index contributed by atoms with van der Waals surface area (Å²) >= 11 is 1.09. The van der Waals surface area contributed by atoms with Gasteiger partial charge in [-0.1, -0.05) is 72.8 Å². The van der Waals surface area contributed by atoms with Crippen molar-refractivity contribution in [1.82, 2.24) is 0 Å². The van der Waals surface area contributed by atoms with Gasteiger partial charge in [0.25, 0.3) is 10.0 Å². The maximum Gasteiger partial charge on any atom is 0.271 e. The van der Waals surface area contributed by atoms with E-state index in [2.05, 4.69) is 21.0 Å². The zero-order valence-corrected chi connectivity index (χ0v) is 19.4. The number of sulfonamides is 1. The molecule has 0 atom stereocenters. The summed E-state index contributed by atoms with van der Waals surface area (Å²) in [5, 5.41) is 26.6. The minimum Gasteiger partial charge on any atom is -0.857 e. The van der Waals surface area contributed by atoms with Gasteiger partial charge in [0.05, 0.1) is 11.9 Å². The van der Waals surface area contributed by atoms with Gasteiger partial charge in [-0.2, -0.15) is 10.2 Å². The highest BCUT2D eigenvalue weighted by Gasteiger charge is 2.16. The van der Waals surface area contributed by atoms with Crippen molar-refractivity contribution in [2.24, 2.45) is 10.2 Å². The Morgan fingerprint density at radius 2 is 1.50 bits per heavy atom. The van der Waals surface area contributed by atoms with Crippen LogP contribution in [0, 0.1) is 0 Å². The number of benzene rings is 4. The molecule has 0 bridgehead atoms. The summed E-state index contributed by atoms with van der Waals surface area (Å²) in [6.07, 6.45) is 1.57. The third-order valence-corrected chi connectivity index (χ3v) is 8.07. The molecule has 0 aliphatic rings. The lowest BCUT2D eigenvalue weighted by molar-refractivity contribution is -0.213. The fourth-order valence-corrected chi connectivity index (χ4v) is 5.82. The van der Waals surface area contributed by atoms with Crippen LogP contribution in [0.2, 0.25) is 0 Å². The molecule has 0 fully saturated rings. The highest BCUT2D eigenvalue weighted by Crippen LogP contribution is 2.27. The molecule has 0 saturated carbocycles. The van der Waals surface area contributed by atoms with Crippen LogP contribution >= 0.6 is 11.3 Å². The van der Waals surface area contributed by atoms with E-state index in [1.165, 1.54) is 18.2 Å². The Balaban J connectivity index is 1.51. The Kier molecular flexibility index (Phi) is 5.83. The smallest absolute Gasteiger partial charge is 0.271 e. The highest BCUT2D eigenvalue weighted by atomic mass is 32.2. The average molecular weight is 485 g/mol. The van der Waals surface area contributed by atoms with Gasteiger partial charge in [-0.05, 0) is 45.1 Å². The first kappa shape index (κ1) is 21.8. The number of hydrogen-bond acceptors (Lipinski definition) is 6. The summed E-state index contributed by atoms with van der Waals surface area (Å²) in [6.45, 7) is 0. The van der Waals surface area contributed by atoms with E-state index in [0.29, 0.717) is 0 Å². The van der Waals surface area contributed by atoms with Gasteiger partial charge in [-0.3, -0.25) is 4.72 Å². The van der Waals surface area contributed by atoms with Crippen molar-refractivity contribution in [3.63, 3.8) is 0 Å². The summed E-state index contributed by atoms with van der Waals surface area (Å²) in [5.74, 6) is -0.648. The van der Waals surface area contributed by atoms with Crippen LogP contribution in [-0.2, 0) is 10.0 Å². The maximum absolute atomic E-state index is 12.8. The van der Waals surface area contributed by atoms with E-state index in [4.69, 9.17) is 0 Å². The molecule has 5 rings (SSSR count). The van der Waals surface area contributed by atoms with E-state index in [9.17, 15) is 13.5 Å². The van der Waals surface area contributed by atoms with Crippen LogP contribution < -0.4 is 9.83 Å². The molecule has 0 amide bonds. The van der Waals surface area contributed by atoms with Crippen LogP contribution in [0.25, 0.3) is 21.5 Å². The first-order valence-corrected chi connectivity index (χ1v) is 12.7. The number of rotatable bonds is 6. The van der Waals surface area contributed by atoms with Crippen molar-refractivity contribution in [3.05, 3.63) is 108 Å². The fraction of sp³-hybridized carbons (Fsp3) is 0. The summed E-state index contributed by atoms with van der Waals surface area (Å²) in [6, 6.07) is 27.5. The van der Waals surface area contributed by atoms with Crippen molar-refractivity contribution in [1.29, 1.82) is 0 Å². The molecule has 4 aromatic carbocycles. The van der Waals surface area contributed by atoms with Gasteiger partial charge < -0.3 is 5.11 Å². The second kappa shape index (κ2) is 9.09. The highest BCUT2D eigenvalue weighted by molar-refractivity contribution is 7.94. The van der Waals surface area contributed by atoms with Gasteiger partial charge in [-0.15, -0.1) is 11.3 Å². The van der Waals surface area contributed by atoms with E-state index < -0.39 is 15.9 Å². The second-order valence-corrected chi connectivity index (χ2v) is 10.3. The molecule has 0 aliphatic heterocycles. The van der Waals surface area contributed by atoms with E-state index in [1.54, 1.807) is 29.8 Å². The number of anilines is 1. The van der Waals surface area contributed by atoms with Crippen LogP contribution in [0.1, 0.15) is 11.1 Å². The molecule has 0 aliphatic carbocycles. The summed E-state index contributed by atoms with van der Waals surface area (Å²) in [4.78, 5) is 0. The third-order valence-electron chi connectivity index (χ3n) is 5.31. The summed E-state index contributed by atoms with van der Waals surface area (Å²) < 4.78 is 27.9. The zero-order valence-electron chi connectivity index (χ0n) is 17.8. The predicted octanol–water partition coefficient (Wildman–Crippen LogP) is 5.00. The topological polar surface area (TPSA) is 94.0 Å². The zero-order chi connectivity index (χ0) is 23.5. The quantitative estimate of drug-likeness (QED) is 0.159. The average Bonchev–Trinajstić information content (AvgIpc) is 3.40. The van der Waals surface area contributed by atoms with Crippen molar-refractivity contribution < 1.29 is 13.5 Å². The monoisotopic (exact) mass is 484 g/mol. The maximum atomic E-state index is 12.8. The molecule has 0 radical (unpaired) electrons. The first-order valence-electron chi connectivity index (χ1n) is 10.4. The molecule has 1 heterocycles. The van der Waals surface area contributed by atoms with Crippen LogP contribution in [0.5, 0.6) is 0 Å². The number of hydrogen-bond donors (Lipinski definition) is 1. The molecule has 8 heteroatoms. The van der Waals surface area contributed by atoms with Gasteiger partial charge in [0.2, 0.25) is 0 Å². The lowest BCUT2D eigenvalue weighted by Gasteiger charge is -2.15. The predicted molar refractivity (Wildman–Crippen MR) is 137 cm³/mol. The minimum absolute atomic E-state index is 0.113. The standard InChI is InChI=1S/C26H19N3O3S2/c30-26(22-12-5-6-13-24(22)29-34(31,32)25-14-7-15-33-25)28-27-17-23-20-10-3-1-8-18(20)16-19-9-2-4-11-21(19)23/h1-17,29H,(H,28,30)/p-1/b27-17-. The molecule has 5 aromatic rings. The lowest BCUT2D eigenvalue weighted by atomic mass is 9.97. The molecule has 6 nitrogen and oxygen atoms in total. The van der Waals surface area contributed by atoms with Crippen molar-refractivity contribution >= 4 is 60.7 Å². The van der Waals surface area contributed by atoms with Crippen LogP contribution in [0.3, 0.4) is 0 Å². The molecule has 0 unspecified atom stereocenters. The Morgan fingerprint density at radius 3 is 2.18 bits per heavy atom. The SMILES string of the molecule is O=S(=O)(Nc1ccccc1C([O-])=N/N=C\c1c2ccccc2cc2ccccc12)c1cccs1. The van der Waals surface area contributed by atoms with E-state index in [1.807, 2.05) is 48.5 Å². The number of nitrogens with zero attached hydrogens (tertiary/aromatic N) is 2. The largest absolute Gasteiger partial charge is 0.857 e. The number of fused-ring (bicyclic) bond motifs is 2. The first-order chi connectivity index (χ1) is 16.5. The molecular weight excluding hydrogens is 466 g/mol. The van der Waals surface area contributed by atoms with Gasteiger partial charge in [0, 0.05) is 17.0 Å². The Labute approximate surface area is 200 Å². The van der Waals surface area contributed by atoms with Gasteiger partial charge in [0.15, 0.2) is 0 Å². The van der Waals surface area contributed by atoms with Crippen LogP contribution in [-0.4, -0.2) is 20.5 Å². The Bertz CT molecular complexity index is 1600. The fourth-order valence-electron chi connectivity index (χ4n) is 3.75. The van der Waals surface area contributed by atoms with Gasteiger partial charge in [-0.25, -0.2) is 8.42 Å². The van der Waals surface area contributed by atoms with Crippen molar-refractivity contribution in [2.75, 3.05) is 4.72 Å². The third kappa shape index (κ3) is 4.28. The van der Waals surface area contributed by atoms with E-state index in [0.717, 1.165) is 38.4 Å². The normalized spacial score (nSPS) is 12.5. The van der Waals surface area contributed by atoms with Crippen molar-refractivity contribution in [3.8, 4) is 0 Å². The Morgan fingerprint density at radius 1 is 0.853 bits per heavy atom. The number of para-hydroxylation sites is 1. The second-order valence-electron chi connectivity index (χ2n) is 7.47. The van der Waals surface area contributed by atoms with Crippen LogP contribution in [0.4, 0.5) is 5.69 Å². The lowest BCUT2D eigenvalue weighted by Crippen LogP contribution is -2.22. The molecule has 168 valence electrons. The van der Waals surface area contributed by atoms with Gasteiger partial charge >= 0.3 is 0 Å². The molecular formula is C26H18N3O3S2-. The Hall–Kier alpha value is -4.01. The molecule has 1 N–H and O–H groups in total.